The molecule has 0 aliphatic heterocycles. The number of nitrogens with zero attached hydrogens (tertiary/aromatic N) is 3. The predicted octanol–water partition coefficient (Wildman–Crippen LogP) is 3.52. The van der Waals surface area contributed by atoms with Gasteiger partial charge in [0.05, 0.1) is 11.5 Å². The van der Waals surface area contributed by atoms with E-state index < -0.39 is 34.2 Å². The smallest absolute Gasteiger partial charge is 0.453 e. The van der Waals surface area contributed by atoms with Crippen molar-refractivity contribution in [3.63, 3.8) is 0 Å². The molecule has 30 heavy (non-hydrogen) atoms. The zero-order chi connectivity index (χ0) is 22.1. The van der Waals surface area contributed by atoms with Gasteiger partial charge in [-0.05, 0) is 36.8 Å². The minimum Gasteiger partial charge on any atom is -0.466 e. The summed E-state index contributed by atoms with van der Waals surface area (Å²) >= 11 is 1.08. The lowest BCUT2D eigenvalue weighted by Crippen LogP contribution is -2.12. The fraction of sp³-hybridized carbons (Fsp3) is 0.278. The van der Waals surface area contributed by atoms with Crippen molar-refractivity contribution in [1.82, 2.24) is 14.8 Å². The first kappa shape index (κ1) is 22.0. The quantitative estimate of drug-likeness (QED) is 0.524. The third kappa shape index (κ3) is 4.87. The van der Waals surface area contributed by atoms with E-state index >= 15 is 0 Å². The van der Waals surface area contributed by atoms with Crippen molar-refractivity contribution in [2.75, 3.05) is 12.9 Å². The van der Waals surface area contributed by atoms with Gasteiger partial charge in [-0.3, -0.25) is 4.79 Å². The highest BCUT2D eigenvalue weighted by molar-refractivity contribution is 7.90. The standard InChI is InChI=1S/C18H16F3N3O4S2/c1-3-28-16(25)10-14-22-17(18(19,20)21)23-24(14)15-8-7-13(29-15)11-5-4-6-12(9-11)30(2,26)27/h4-9H,3,10H2,1-2H3. The normalized spacial score (nSPS) is 12.2. The van der Waals surface area contributed by atoms with Crippen molar-refractivity contribution < 1.29 is 31.1 Å². The molecule has 3 rings (SSSR count). The van der Waals surface area contributed by atoms with Crippen LogP contribution in [0.25, 0.3) is 15.4 Å². The summed E-state index contributed by atoms with van der Waals surface area (Å²) in [5.74, 6) is -2.30. The van der Waals surface area contributed by atoms with E-state index in [1.165, 1.54) is 18.2 Å². The topological polar surface area (TPSA) is 91.2 Å². The van der Waals surface area contributed by atoms with Gasteiger partial charge in [0.2, 0.25) is 0 Å². The second-order valence-electron chi connectivity index (χ2n) is 6.18. The SMILES string of the molecule is CCOC(=O)Cc1nc(C(F)(F)F)nn1-c1ccc(-c2cccc(S(C)(=O)=O)c2)s1. The molecule has 0 fully saturated rings. The van der Waals surface area contributed by atoms with E-state index in [9.17, 15) is 26.4 Å². The number of halogens is 3. The Hall–Kier alpha value is -2.73. The van der Waals surface area contributed by atoms with Crippen LogP contribution < -0.4 is 0 Å². The van der Waals surface area contributed by atoms with E-state index in [0.29, 0.717) is 10.4 Å². The first-order valence-corrected chi connectivity index (χ1v) is 11.3. The Kier molecular flexibility index (Phi) is 5.99. The molecule has 2 heterocycles. The maximum Gasteiger partial charge on any atom is 0.453 e. The van der Waals surface area contributed by atoms with Gasteiger partial charge >= 0.3 is 12.1 Å². The van der Waals surface area contributed by atoms with Crippen LogP contribution in [-0.4, -0.2) is 42.0 Å². The summed E-state index contributed by atoms with van der Waals surface area (Å²) in [5.41, 5.74) is 0.581. The van der Waals surface area contributed by atoms with Gasteiger partial charge in [0, 0.05) is 11.1 Å². The van der Waals surface area contributed by atoms with E-state index in [1.54, 1.807) is 25.1 Å². The number of hydrogen-bond donors (Lipinski definition) is 0. The molecule has 12 heteroatoms. The molecule has 0 amide bonds. The Morgan fingerprint density at radius 3 is 2.60 bits per heavy atom. The number of carbonyl (C=O) groups excluding carboxylic acids is 1. The van der Waals surface area contributed by atoms with Gasteiger partial charge in [-0.2, -0.15) is 13.2 Å². The predicted molar refractivity (Wildman–Crippen MR) is 103 cm³/mol. The summed E-state index contributed by atoms with van der Waals surface area (Å²) < 4.78 is 68.6. The fourth-order valence-corrected chi connectivity index (χ4v) is 4.21. The molecule has 0 N–H and O–H groups in total. The molecule has 0 radical (unpaired) electrons. The summed E-state index contributed by atoms with van der Waals surface area (Å²) in [5, 5.41) is 3.80. The minimum atomic E-state index is -4.78. The second kappa shape index (κ2) is 8.19. The second-order valence-corrected chi connectivity index (χ2v) is 9.26. The number of benzene rings is 1. The van der Waals surface area contributed by atoms with Crippen LogP contribution in [0.5, 0.6) is 0 Å². The van der Waals surface area contributed by atoms with Crippen LogP contribution in [0.3, 0.4) is 0 Å². The molecule has 1 aromatic carbocycles. The van der Waals surface area contributed by atoms with Crippen LogP contribution in [0.2, 0.25) is 0 Å². The van der Waals surface area contributed by atoms with Gasteiger partial charge in [0.25, 0.3) is 5.82 Å². The van der Waals surface area contributed by atoms with Crippen LogP contribution in [0.15, 0.2) is 41.3 Å². The summed E-state index contributed by atoms with van der Waals surface area (Å²) in [7, 11) is -3.42. The summed E-state index contributed by atoms with van der Waals surface area (Å²) in [6.07, 6.45) is -4.17. The third-order valence-electron chi connectivity index (χ3n) is 3.88. The number of carbonyl (C=O) groups is 1. The number of esters is 1. The van der Waals surface area contributed by atoms with E-state index in [4.69, 9.17) is 4.74 Å². The van der Waals surface area contributed by atoms with E-state index in [1.807, 2.05) is 0 Å². The van der Waals surface area contributed by atoms with Gasteiger partial charge in [-0.15, -0.1) is 16.4 Å². The lowest BCUT2D eigenvalue weighted by Gasteiger charge is -2.04. The number of alkyl halides is 3. The molecule has 3 aromatic rings. The van der Waals surface area contributed by atoms with Crippen molar-refractivity contribution in [3.05, 3.63) is 48.0 Å². The molecule has 0 saturated heterocycles. The largest absolute Gasteiger partial charge is 0.466 e. The van der Waals surface area contributed by atoms with Crippen molar-refractivity contribution in [3.8, 4) is 15.4 Å². The number of hydrogen-bond acceptors (Lipinski definition) is 7. The summed E-state index contributed by atoms with van der Waals surface area (Å²) in [6, 6.07) is 9.35. The number of rotatable bonds is 6. The molecule has 0 unspecified atom stereocenters. The highest BCUT2D eigenvalue weighted by atomic mass is 32.2. The minimum absolute atomic E-state index is 0.0823. The zero-order valence-electron chi connectivity index (χ0n) is 15.8. The number of thiophene rings is 1. The maximum atomic E-state index is 13.1. The van der Waals surface area contributed by atoms with Gasteiger partial charge in [0.1, 0.15) is 17.2 Å². The molecular formula is C18H16F3N3O4S2. The Balaban J connectivity index is 2.02. The van der Waals surface area contributed by atoms with Crippen molar-refractivity contribution >= 4 is 27.1 Å². The average molecular weight is 459 g/mol. The number of aromatic nitrogens is 3. The molecule has 2 aromatic heterocycles. The monoisotopic (exact) mass is 459 g/mol. The van der Waals surface area contributed by atoms with Crippen LogP contribution in [-0.2, 0) is 32.0 Å². The molecule has 0 bridgehead atoms. The number of sulfone groups is 1. The van der Waals surface area contributed by atoms with Crippen LogP contribution in [0, 0.1) is 0 Å². The lowest BCUT2D eigenvalue weighted by molar-refractivity contribution is -0.145. The first-order chi connectivity index (χ1) is 14.0. The van der Waals surface area contributed by atoms with Gasteiger partial charge < -0.3 is 4.74 Å². The lowest BCUT2D eigenvalue weighted by atomic mass is 10.2. The third-order valence-corrected chi connectivity index (χ3v) is 6.10. The molecule has 0 aliphatic rings. The van der Waals surface area contributed by atoms with E-state index in [-0.39, 0.29) is 22.3 Å². The van der Waals surface area contributed by atoms with Crippen LogP contribution in [0.4, 0.5) is 13.2 Å². The molecule has 0 aliphatic carbocycles. The maximum absolute atomic E-state index is 13.1. The summed E-state index contributed by atoms with van der Waals surface area (Å²) in [6.45, 7) is 1.67. The van der Waals surface area contributed by atoms with Gasteiger partial charge in [-0.1, -0.05) is 12.1 Å². The average Bonchev–Trinajstić information content (AvgIpc) is 3.28. The van der Waals surface area contributed by atoms with Crippen molar-refractivity contribution in [2.24, 2.45) is 0 Å². The number of ether oxygens (including phenoxy) is 1. The molecule has 0 atom stereocenters. The van der Waals surface area contributed by atoms with Crippen LogP contribution in [0.1, 0.15) is 18.6 Å². The fourth-order valence-electron chi connectivity index (χ4n) is 2.57. The first-order valence-electron chi connectivity index (χ1n) is 8.58. The Bertz CT molecular complexity index is 1180. The Labute approximate surface area is 174 Å². The van der Waals surface area contributed by atoms with Crippen LogP contribution >= 0.6 is 11.3 Å². The Morgan fingerprint density at radius 2 is 1.97 bits per heavy atom. The highest BCUT2D eigenvalue weighted by Gasteiger charge is 2.37. The van der Waals surface area contributed by atoms with E-state index in [2.05, 4.69) is 10.1 Å². The molecule has 0 spiro atoms. The van der Waals surface area contributed by atoms with Crippen molar-refractivity contribution in [2.45, 2.75) is 24.4 Å². The summed E-state index contributed by atoms with van der Waals surface area (Å²) in [4.78, 5) is 16.0. The highest BCUT2D eigenvalue weighted by Crippen LogP contribution is 2.33. The van der Waals surface area contributed by atoms with Crippen molar-refractivity contribution in [1.29, 1.82) is 0 Å². The Morgan fingerprint density at radius 1 is 1.23 bits per heavy atom. The molecule has 160 valence electrons. The van der Waals surface area contributed by atoms with Gasteiger partial charge in [0.15, 0.2) is 9.84 Å². The molecular weight excluding hydrogens is 443 g/mol. The zero-order valence-corrected chi connectivity index (χ0v) is 17.4. The molecule has 7 nitrogen and oxygen atoms in total. The van der Waals surface area contributed by atoms with E-state index in [0.717, 1.165) is 22.3 Å². The van der Waals surface area contributed by atoms with Gasteiger partial charge in [-0.25, -0.2) is 18.1 Å². The molecule has 0 saturated carbocycles.